The lowest BCUT2D eigenvalue weighted by molar-refractivity contribution is 0.415. The summed E-state index contributed by atoms with van der Waals surface area (Å²) in [6, 6.07) is 6.23. The van der Waals surface area contributed by atoms with Gasteiger partial charge in [0.15, 0.2) is 4.77 Å². The van der Waals surface area contributed by atoms with Crippen LogP contribution in [0.1, 0.15) is 23.7 Å². The number of aromatic hydroxyl groups is 1. The minimum Gasteiger partial charge on any atom is -0.493 e. The lowest BCUT2D eigenvalue weighted by Gasteiger charge is -2.01. The first kappa shape index (κ1) is 13.0. The molecule has 0 aliphatic carbocycles. The number of H-pyrrole nitrogens is 2. The molecule has 5 heteroatoms. The second-order valence-electron chi connectivity index (χ2n) is 4.96. The van der Waals surface area contributed by atoms with Crippen molar-refractivity contribution in [2.45, 2.75) is 26.8 Å². The Labute approximate surface area is 122 Å². The third-order valence-electron chi connectivity index (χ3n) is 3.72. The van der Waals surface area contributed by atoms with E-state index < -0.39 is 0 Å². The van der Waals surface area contributed by atoms with Crippen LogP contribution < -0.4 is 0 Å². The molecule has 4 nitrogen and oxygen atoms in total. The highest BCUT2D eigenvalue weighted by atomic mass is 32.1. The van der Waals surface area contributed by atoms with Crippen molar-refractivity contribution in [2.24, 2.45) is 0 Å². The number of aryl methyl sites for hydroxylation is 1. The normalized spacial score (nSPS) is 11.3. The van der Waals surface area contributed by atoms with E-state index in [-0.39, 0.29) is 5.88 Å². The van der Waals surface area contributed by atoms with Gasteiger partial charge in [0.1, 0.15) is 0 Å². The summed E-state index contributed by atoms with van der Waals surface area (Å²) in [4.78, 5) is 6.40. The highest BCUT2D eigenvalue weighted by Gasteiger charge is 2.13. The van der Waals surface area contributed by atoms with Crippen molar-refractivity contribution in [3.63, 3.8) is 0 Å². The van der Waals surface area contributed by atoms with Crippen LogP contribution in [-0.2, 0) is 13.0 Å². The lowest BCUT2D eigenvalue weighted by atomic mass is 10.1. The van der Waals surface area contributed by atoms with Crippen LogP contribution in [0, 0.1) is 11.7 Å². The first-order valence-corrected chi connectivity index (χ1v) is 7.09. The standard InChI is InChI=1S/C15H17N3OS/c1-3-18-14(19)12(17-15(18)20)7-10-8-16-13-9(2)5-4-6-11(10)13/h4-6,8,16,19H,3,7H2,1-2H3,(H,17,20). The molecule has 0 fully saturated rings. The Morgan fingerprint density at radius 2 is 2.15 bits per heavy atom. The second-order valence-corrected chi connectivity index (χ2v) is 5.35. The highest BCUT2D eigenvalue weighted by Crippen LogP contribution is 2.26. The topological polar surface area (TPSA) is 56.7 Å². The number of imidazole rings is 1. The van der Waals surface area contributed by atoms with E-state index in [1.807, 2.05) is 19.2 Å². The number of aromatic nitrogens is 3. The zero-order chi connectivity index (χ0) is 14.3. The molecule has 2 aromatic heterocycles. The fourth-order valence-electron chi connectivity index (χ4n) is 2.63. The largest absolute Gasteiger partial charge is 0.493 e. The van der Waals surface area contributed by atoms with Gasteiger partial charge in [0, 0.05) is 30.1 Å². The van der Waals surface area contributed by atoms with Crippen LogP contribution in [-0.4, -0.2) is 19.6 Å². The number of rotatable bonds is 3. The Bertz CT molecular complexity index is 825. The van der Waals surface area contributed by atoms with Gasteiger partial charge in [-0.05, 0) is 37.2 Å². The van der Waals surface area contributed by atoms with Gasteiger partial charge in [0.05, 0.1) is 5.69 Å². The summed E-state index contributed by atoms with van der Waals surface area (Å²) in [5.41, 5.74) is 4.28. The maximum atomic E-state index is 10.2. The molecule has 104 valence electrons. The Morgan fingerprint density at radius 1 is 1.35 bits per heavy atom. The van der Waals surface area contributed by atoms with E-state index in [9.17, 15) is 5.11 Å². The first-order chi connectivity index (χ1) is 9.61. The van der Waals surface area contributed by atoms with E-state index in [0.29, 0.717) is 17.7 Å². The molecule has 0 saturated heterocycles. The molecule has 1 aromatic carbocycles. The van der Waals surface area contributed by atoms with Gasteiger partial charge < -0.3 is 15.1 Å². The van der Waals surface area contributed by atoms with E-state index in [1.54, 1.807) is 4.57 Å². The quantitative estimate of drug-likeness (QED) is 0.644. The summed E-state index contributed by atoms with van der Waals surface area (Å²) in [5.74, 6) is 0.236. The molecule has 3 N–H and O–H groups in total. The van der Waals surface area contributed by atoms with Crippen molar-refractivity contribution in [3.05, 3.63) is 46.0 Å². The SMILES string of the molecule is CCn1c(O)c(Cc2c[nH]c3c(C)cccc23)[nH]c1=S. The van der Waals surface area contributed by atoms with Crippen molar-refractivity contribution < 1.29 is 5.11 Å². The number of benzene rings is 1. The van der Waals surface area contributed by atoms with Crippen molar-refractivity contribution in [1.29, 1.82) is 0 Å². The maximum absolute atomic E-state index is 10.2. The minimum absolute atomic E-state index is 0.236. The molecule has 0 atom stereocenters. The lowest BCUT2D eigenvalue weighted by Crippen LogP contribution is -1.93. The minimum atomic E-state index is 0.236. The van der Waals surface area contributed by atoms with E-state index in [0.717, 1.165) is 16.8 Å². The summed E-state index contributed by atoms with van der Waals surface area (Å²) in [6.07, 6.45) is 2.63. The molecule has 0 saturated carbocycles. The van der Waals surface area contributed by atoms with E-state index in [4.69, 9.17) is 12.2 Å². The summed E-state index contributed by atoms with van der Waals surface area (Å²) >= 11 is 5.21. The van der Waals surface area contributed by atoms with Gasteiger partial charge in [-0.3, -0.25) is 4.57 Å². The Kier molecular flexibility index (Phi) is 3.14. The average molecular weight is 287 g/mol. The first-order valence-electron chi connectivity index (χ1n) is 6.68. The molecule has 0 unspecified atom stereocenters. The Balaban J connectivity index is 2.06. The fraction of sp³-hybridized carbons (Fsp3) is 0.267. The molecule has 3 rings (SSSR count). The molecule has 0 aliphatic rings. The molecule has 0 amide bonds. The van der Waals surface area contributed by atoms with Crippen LogP contribution in [0.5, 0.6) is 5.88 Å². The van der Waals surface area contributed by atoms with Crippen LogP contribution in [0.3, 0.4) is 0 Å². The van der Waals surface area contributed by atoms with E-state index >= 15 is 0 Å². The van der Waals surface area contributed by atoms with Crippen molar-refractivity contribution in [2.75, 3.05) is 0 Å². The molecular weight excluding hydrogens is 270 g/mol. The van der Waals surface area contributed by atoms with E-state index in [1.165, 1.54) is 10.9 Å². The van der Waals surface area contributed by atoms with Crippen LogP contribution in [0.25, 0.3) is 10.9 Å². The number of hydrogen-bond donors (Lipinski definition) is 3. The Hall–Kier alpha value is -2.01. The summed E-state index contributed by atoms with van der Waals surface area (Å²) in [5, 5.41) is 11.4. The highest BCUT2D eigenvalue weighted by molar-refractivity contribution is 7.71. The summed E-state index contributed by atoms with van der Waals surface area (Å²) < 4.78 is 2.26. The van der Waals surface area contributed by atoms with Gasteiger partial charge in [-0.25, -0.2) is 0 Å². The summed E-state index contributed by atoms with van der Waals surface area (Å²) in [7, 11) is 0. The van der Waals surface area contributed by atoms with Crippen molar-refractivity contribution in [1.82, 2.24) is 14.5 Å². The average Bonchev–Trinajstić information content (AvgIpc) is 2.94. The zero-order valence-corrected chi connectivity index (χ0v) is 12.3. The molecule has 0 radical (unpaired) electrons. The third kappa shape index (κ3) is 1.94. The number of nitrogens with one attached hydrogen (secondary N) is 2. The predicted octanol–water partition coefficient (Wildman–Crippen LogP) is 3.65. The molecule has 2 heterocycles. The molecule has 0 spiro atoms. The third-order valence-corrected chi connectivity index (χ3v) is 4.04. The molecule has 3 aromatic rings. The van der Waals surface area contributed by atoms with Crippen LogP contribution in [0.4, 0.5) is 0 Å². The zero-order valence-electron chi connectivity index (χ0n) is 11.5. The second kappa shape index (κ2) is 4.83. The number of nitrogens with zero attached hydrogens (tertiary/aromatic N) is 1. The van der Waals surface area contributed by atoms with Gasteiger partial charge in [0.2, 0.25) is 5.88 Å². The van der Waals surface area contributed by atoms with Gasteiger partial charge >= 0.3 is 0 Å². The van der Waals surface area contributed by atoms with Crippen LogP contribution in [0.15, 0.2) is 24.4 Å². The van der Waals surface area contributed by atoms with Gasteiger partial charge in [-0.1, -0.05) is 18.2 Å². The number of hydrogen-bond acceptors (Lipinski definition) is 2. The van der Waals surface area contributed by atoms with Gasteiger partial charge in [-0.2, -0.15) is 0 Å². The molecule has 0 aliphatic heterocycles. The molecule has 0 bridgehead atoms. The van der Waals surface area contributed by atoms with E-state index in [2.05, 4.69) is 29.0 Å². The number of para-hydroxylation sites is 1. The maximum Gasteiger partial charge on any atom is 0.213 e. The molecule has 20 heavy (non-hydrogen) atoms. The predicted molar refractivity (Wildman–Crippen MR) is 82.8 cm³/mol. The molecular formula is C15H17N3OS. The Morgan fingerprint density at radius 3 is 2.85 bits per heavy atom. The smallest absolute Gasteiger partial charge is 0.213 e. The number of aromatic amines is 2. The monoisotopic (exact) mass is 287 g/mol. The fourth-order valence-corrected chi connectivity index (χ4v) is 2.97. The summed E-state index contributed by atoms with van der Waals surface area (Å²) in [6.45, 7) is 4.71. The van der Waals surface area contributed by atoms with Crippen LogP contribution in [0.2, 0.25) is 0 Å². The van der Waals surface area contributed by atoms with Gasteiger partial charge in [0.25, 0.3) is 0 Å². The van der Waals surface area contributed by atoms with Crippen LogP contribution >= 0.6 is 12.2 Å². The van der Waals surface area contributed by atoms with Gasteiger partial charge in [-0.15, -0.1) is 0 Å². The van der Waals surface area contributed by atoms with Crippen molar-refractivity contribution >= 4 is 23.1 Å². The number of fused-ring (bicyclic) bond motifs is 1. The van der Waals surface area contributed by atoms with Crippen molar-refractivity contribution in [3.8, 4) is 5.88 Å².